The van der Waals surface area contributed by atoms with Gasteiger partial charge in [-0.3, -0.25) is 14.9 Å². The normalized spacial score (nSPS) is 12.9. The molecule has 6 nitrogen and oxygen atoms in total. The van der Waals surface area contributed by atoms with Crippen LogP contribution in [0.5, 0.6) is 5.75 Å². The van der Waals surface area contributed by atoms with Crippen molar-refractivity contribution >= 4 is 28.3 Å². The molecule has 0 fully saturated rings. The first-order chi connectivity index (χ1) is 14.9. The summed E-state index contributed by atoms with van der Waals surface area (Å²) >= 11 is 1.42. The maximum absolute atomic E-state index is 12.7. The Kier molecular flexibility index (Phi) is 6.04. The van der Waals surface area contributed by atoms with Gasteiger partial charge in [-0.05, 0) is 55.7 Å². The minimum absolute atomic E-state index is 0.0162. The molecule has 7 heteroatoms. The van der Waals surface area contributed by atoms with Gasteiger partial charge in [-0.15, -0.1) is 0 Å². The number of aromatic nitrogens is 1. The van der Waals surface area contributed by atoms with Gasteiger partial charge in [-0.2, -0.15) is 0 Å². The SMILES string of the molecule is Cc1cc(C)c(C)c(OCC(=O)Nc2nc3c(s2)CN(C(=O)c2ccccc2)CC3)c1. The maximum Gasteiger partial charge on any atom is 0.264 e. The number of ether oxygens (including phenoxy) is 1. The summed E-state index contributed by atoms with van der Waals surface area (Å²) in [6, 6.07) is 13.3. The van der Waals surface area contributed by atoms with E-state index in [1.807, 2.05) is 62.1 Å². The van der Waals surface area contributed by atoms with Crippen molar-refractivity contribution < 1.29 is 14.3 Å². The second-order valence-corrected chi connectivity index (χ2v) is 8.86. The van der Waals surface area contributed by atoms with Crippen LogP contribution in [-0.4, -0.2) is 34.8 Å². The van der Waals surface area contributed by atoms with Crippen molar-refractivity contribution in [1.82, 2.24) is 9.88 Å². The number of rotatable bonds is 5. The molecule has 0 saturated heterocycles. The topological polar surface area (TPSA) is 71.5 Å². The van der Waals surface area contributed by atoms with Crippen LogP contribution in [0.4, 0.5) is 5.13 Å². The minimum Gasteiger partial charge on any atom is -0.483 e. The van der Waals surface area contributed by atoms with Crippen molar-refractivity contribution in [2.45, 2.75) is 33.7 Å². The van der Waals surface area contributed by atoms with Crippen LogP contribution in [0, 0.1) is 20.8 Å². The van der Waals surface area contributed by atoms with E-state index in [4.69, 9.17) is 4.74 Å². The third-order valence-electron chi connectivity index (χ3n) is 5.41. The van der Waals surface area contributed by atoms with Gasteiger partial charge in [0.1, 0.15) is 5.75 Å². The van der Waals surface area contributed by atoms with Gasteiger partial charge in [-0.1, -0.05) is 35.6 Å². The average Bonchev–Trinajstić information content (AvgIpc) is 3.16. The molecule has 2 aromatic carbocycles. The Hall–Kier alpha value is -3.19. The lowest BCUT2D eigenvalue weighted by Gasteiger charge is -2.26. The molecule has 2 heterocycles. The van der Waals surface area contributed by atoms with Crippen LogP contribution in [-0.2, 0) is 17.8 Å². The molecule has 0 bridgehead atoms. The highest BCUT2D eigenvalue weighted by Crippen LogP contribution is 2.29. The standard InChI is InChI=1S/C24H25N3O3S/c1-15-11-16(2)17(3)20(12-15)30-14-22(28)26-24-25-19-9-10-27(13-21(19)31-24)23(29)18-7-5-4-6-8-18/h4-8,11-12H,9-10,13-14H2,1-3H3,(H,25,26,28). The lowest BCUT2D eigenvalue weighted by molar-refractivity contribution is -0.118. The predicted molar refractivity (Wildman–Crippen MR) is 122 cm³/mol. The summed E-state index contributed by atoms with van der Waals surface area (Å²) in [4.78, 5) is 32.5. The summed E-state index contributed by atoms with van der Waals surface area (Å²) in [5.74, 6) is 0.491. The van der Waals surface area contributed by atoms with Crippen LogP contribution in [0.2, 0.25) is 0 Å². The van der Waals surface area contributed by atoms with Gasteiger partial charge in [0.15, 0.2) is 11.7 Å². The van der Waals surface area contributed by atoms with Crippen molar-refractivity contribution in [2.24, 2.45) is 0 Å². The quantitative estimate of drug-likeness (QED) is 0.649. The Labute approximate surface area is 185 Å². The molecule has 0 spiro atoms. The second-order valence-electron chi connectivity index (χ2n) is 7.77. The molecule has 31 heavy (non-hydrogen) atoms. The Morgan fingerprint density at radius 3 is 2.71 bits per heavy atom. The Bertz CT molecular complexity index is 1120. The third-order valence-corrected chi connectivity index (χ3v) is 6.41. The second kappa shape index (κ2) is 8.89. The van der Waals surface area contributed by atoms with E-state index in [-0.39, 0.29) is 18.4 Å². The smallest absolute Gasteiger partial charge is 0.264 e. The molecule has 0 unspecified atom stereocenters. The first-order valence-corrected chi connectivity index (χ1v) is 11.1. The van der Waals surface area contributed by atoms with E-state index >= 15 is 0 Å². The van der Waals surface area contributed by atoms with Crippen LogP contribution in [0.15, 0.2) is 42.5 Å². The van der Waals surface area contributed by atoms with E-state index in [0.29, 0.717) is 30.2 Å². The van der Waals surface area contributed by atoms with Crippen molar-refractivity contribution in [3.8, 4) is 5.75 Å². The van der Waals surface area contributed by atoms with Crippen LogP contribution in [0.25, 0.3) is 0 Å². The zero-order valence-corrected chi connectivity index (χ0v) is 18.7. The number of hydrogen-bond acceptors (Lipinski definition) is 5. The summed E-state index contributed by atoms with van der Waals surface area (Å²) in [7, 11) is 0. The fourth-order valence-corrected chi connectivity index (χ4v) is 4.67. The van der Waals surface area contributed by atoms with Crippen molar-refractivity contribution in [3.05, 3.63) is 75.3 Å². The maximum atomic E-state index is 12.7. The molecular formula is C24H25N3O3S. The lowest BCUT2D eigenvalue weighted by atomic mass is 10.1. The van der Waals surface area contributed by atoms with E-state index < -0.39 is 0 Å². The number of hydrogen-bond donors (Lipinski definition) is 1. The monoisotopic (exact) mass is 435 g/mol. The van der Waals surface area contributed by atoms with E-state index in [2.05, 4.69) is 16.4 Å². The number of benzene rings is 2. The molecule has 0 saturated carbocycles. The average molecular weight is 436 g/mol. The molecule has 4 rings (SSSR count). The number of anilines is 1. The Morgan fingerprint density at radius 2 is 1.94 bits per heavy atom. The van der Waals surface area contributed by atoms with Crippen LogP contribution in [0.1, 0.15) is 37.6 Å². The Morgan fingerprint density at radius 1 is 1.16 bits per heavy atom. The number of fused-ring (bicyclic) bond motifs is 1. The number of carbonyl (C=O) groups is 2. The van der Waals surface area contributed by atoms with E-state index in [1.165, 1.54) is 11.3 Å². The number of amides is 2. The van der Waals surface area contributed by atoms with Gasteiger partial charge < -0.3 is 9.64 Å². The van der Waals surface area contributed by atoms with Gasteiger partial charge >= 0.3 is 0 Å². The summed E-state index contributed by atoms with van der Waals surface area (Å²) in [5, 5.41) is 3.38. The fraction of sp³-hybridized carbons (Fsp3) is 0.292. The van der Waals surface area contributed by atoms with E-state index in [0.717, 1.165) is 33.0 Å². The molecule has 0 atom stereocenters. The third kappa shape index (κ3) is 4.77. The van der Waals surface area contributed by atoms with Crippen LogP contribution >= 0.6 is 11.3 Å². The van der Waals surface area contributed by atoms with Crippen LogP contribution in [0.3, 0.4) is 0 Å². The Balaban J connectivity index is 1.37. The summed E-state index contributed by atoms with van der Waals surface area (Å²) in [5.41, 5.74) is 4.90. The molecule has 1 aromatic heterocycles. The molecule has 0 aliphatic carbocycles. The fourth-order valence-electron chi connectivity index (χ4n) is 3.63. The van der Waals surface area contributed by atoms with Crippen molar-refractivity contribution in [1.29, 1.82) is 0 Å². The zero-order valence-electron chi connectivity index (χ0n) is 17.9. The number of nitrogens with zero attached hydrogens (tertiary/aromatic N) is 2. The van der Waals surface area contributed by atoms with Gasteiger partial charge in [0.25, 0.3) is 11.8 Å². The van der Waals surface area contributed by atoms with Gasteiger partial charge in [0, 0.05) is 23.4 Å². The highest BCUT2D eigenvalue weighted by Gasteiger charge is 2.25. The summed E-state index contributed by atoms with van der Waals surface area (Å²) < 4.78 is 5.74. The van der Waals surface area contributed by atoms with E-state index in [9.17, 15) is 9.59 Å². The number of thiazole rings is 1. The minimum atomic E-state index is -0.248. The molecule has 160 valence electrons. The highest BCUT2D eigenvalue weighted by molar-refractivity contribution is 7.15. The summed E-state index contributed by atoms with van der Waals surface area (Å²) in [6.45, 7) is 7.07. The molecule has 1 aliphatic rings. The van der Waals surface area contributed by atoms with Gasteiger partial charge in [0.2, 0.25) is 0 Å². The van der Waals surface area contributed by atoms with E-state index in [1.54, 1.807) is 0 Å². The molecule has 3 aromatic rings. The van der Waals surface area contributed by atoms with Crippen LogP contribution < -0.4 is 10.1 Å². The van der Waals surface area contributed by atoms with Gasteiger partial charge in [0.05, 0.1) is 12.2 Å². The molecular weight excluding hydrogens is 410 g/mol. The lowest BCUT2D eigenvalue weighted by Crippen LogP contribution is -2.35. The number of aryl methyl sites for hydroxylation is 2. The predicted octanol–water partition coefficient (Wildman–Crippen LogP) is 4.28. The number of nitrogens with one attached hydrogen (secondary N) is 1. The molecule has 1 aliphatic heterocycles. The highest BCUT2D eigenvalue weighted by atomic mass is 32.1. The first kappa shape index (κ1) is 21.1. The molecule has 0 radical (unpaired) electrons. The number of carbonyl (C=O) groups excluding carboxylic acids is 2. The van der Waals surface area contributed by atoms with Crippen molar-refractivity contribution in [3.63, 3.8) is 0 Å². The molecule has 2 amide bonds. The van der Waals surface area contributed by atoms with Crippen molar-refractivity contribution in [2.75, 3.05) is 18.5 Å². The first-order valence-electron chi connectivity index (χ1n) is 10.2. The largest absolute Gasteiger partial charge is 0.483 e. The molecule has 1 N–H and O–H groups in total. The summed E-state index contributed by atoms with van der Waals surface area (Å²) in [6.07, 6.45) is 0.679. The zero-order chi connectivity index (χ0) is 22.0. The van der Waals surface area contributed by atoms with Gasteiger partial charge in [-0.25, -0.2) is 4.98 Å².